The number of hydrogen-bond donors (Lipinski definition) is 2. The monoisotopic (exact) mass is 528 g/mol. The predicted molar refractivity (Wildman–Crippen MR) is 145 cm³/mol. The molecular weight excluding hydrogens is 503 g/mol. The standard InChI is InChI=1S/C27H25FN8OS/c28-20-5-3-4-18(10-20)15-36-24-7-6-21(11-19(24)12-32-36)33-25-23(14-29-17-31-25)26(37)34-27-30-13-22(38-27)16-35-8-1-2-9-35/h3-7,10-14,17H,1-2,8-9,15-16H2,(H,29,31,33)(H,30,34,37). The van der Waals surface area contributed by atoms with E-state index in [0.717, 1.165) is 46.7 Å². The maximum absolute atomic E-state index is 13.6. The molecule has 0 bridgehead atoms. The zero-order valence-corrected chi connectivity index (χ0v) is 21.3. The number of fused-ring (bicyclic) bond motifs is 1. The fourth-order valence-corrected chi connectivity index (χ4v) is 5.45. The molecule has 0 spiro atoms. The van der Waals surface area contributed by atoms with Gasteiger partial charge in [0.25, 0.3) is 5.91 Å². The highest BCUT2D eigenvalue weighted by molar-refractivity contribution is 7.15. The average molecular weight is 529 g/mol. The SMILES string of the molecule is O=C(Nc1ncc(CN2CCCC2)s1)c1cncnc1Nc1ccc2c(cnn2Cc2cccc(F)c2)c1. The lowest BCUT2D eigenvalue weighted by molar-refractivity contribution is 0.102. The molecule has 0 radical (unpaired) electrons. The number of halogens is 1. The number of anilines is 3. The number of aromatic nitrogens is 5. The van der Waals surface area contributed by atoms with Crippen molar-refractivity contribution in [2.24, 2.45) is 0 Å². The Morgan fingerprint density at radius 3 is 2.79 bits per heavy atom. The minimum Gasteiger partial charge on any atom is -0.339 e. The second-order valence-corrected chi connectivity index (χ2v) is 10.3. The van der Waals surface area contributed by atoms with Crippen molar-refractivity contribution in [3.8, 4) is 0 Å². The quantitative estimate of drug-likeness (QED) is 0.290. The van der Waals surface area contributed by atoms with Crippen LogP contribution in [0.1, 0.15) is 33.6 Å². The molecule has 4 heterocycles. The Morgan fingerprint density at radius 2 is 1.92 bits per heavy atom. The first-order chi connectivity index (χ1) is 18.6. The largest absolute Gasteiger partial charge is 0.339 e. The summed E-state index contributed by atoms with van der Waals surface area (Å²) in [4.78, 5) is 29.3. The fraction of sp³-hybridized carbons (Fsp3) is 0.222. The highest BCUT2D eigenvalue weighted by Crippen LogP contribution is 2.26. The Labute approximate surface area is 222 Å². The van der Waals surface area contributed by atoms with E-state index in [1.165, 1.54) is 48.8 Å². The van der Waals surface area contributed by atoms with Gasteiger partial charge in [0.1, 0.15) is 23.5 Å². The van der Waals surface area contributed by atoms with Crippen molar-refractivity contribution in [2.75, 3.05) is 23.7 Å². The van der Waals surface area contributed by atoms with E-state index in [4.69, 9.17) is 0 Å². The molecule has 6 rings (SSSR count). The van der Waals surface area contributed by atoms with Crippen molar-refractivity contribution < 1.29 is 9.18 Å². The number of carbonyl (C=O) groups is 1. The second-order valence-electron chi connectivity index (χ2n) is 9.18. The van der Waals surface area contributed by atoms with Gasteiger partial charge < -0.3 is 5.32 Å². The van der Waals surface area contributed by atoms with Gasteiger partial charge in [-0.25, -0.2) is 19.3 Å². The number of nitrogens with one attached hydrogen (secondary N) is 2. The predicted octanol–water partition coefficient (Wildman–Crippen LogP) is 5.06. The second kappa shape index (κ2) is 10.6. The molecule has 1 fully saturated rings. The van der Waals surface area contributed by atoms with Gasteiger partial charge in [-0.1, -0.05) is 12.1 Å². The third kappa shape index (κ3) is 5.38. The third-order valence-electron chi connectivity index (χ3n) is 6.43. The van der Waals surface area contributed by atoms with Crippen molar-refractivity contribution in [1.29, 1.82) is 0 Å². The lowest BCUT2D eigenvalue weighted by Crippen LogP contribution is -2.17. The van der Waals surface area contributed by atoms with Crippen LogP contribution in [0.5, 0.6) is 0 Å². The molecule has 0 aliphatic carbocycles. The van der Waals surface area contributed by atoms with E-state index in [9.17, 15) is 9.18 Å². The van der Waals surface area contributed by atoms with Crippen LogP contribution in [0.3, 0.4) is 0 Å². The summed E-state index contributed by atoms with van der Waals surface area (Å²) in [7, 11) is 0. The van der Waals surface area contributed by atoms with Crippen LogP contribution in [-0.4, -0.2) is 48.6 Å². The zero-order valence-electron chi connectivity index (χ0n) is 20.5. The van der Waals surface area contributed by atoms with Gasteiger partial charge in [-0.15, -0.1) is 11.3 Å². The Balaban J connectivity index is 1.16. The lowest BCUT2D eigenvalue weighted by atomic mass is 10.2. The van der Waals surface area contributed by atoms with Crippen LogP contribution in [0, 0.1) is 5.82 Å². The maximum atomic E-state index is 13.6. The number of carbonyl (C=O) groups excluding carboxylic acids is 1. The van der Waals surface area contributed by atoms with Crippen LogP contribution >= 0.6 is 11.3 Å². The van der Waals surface area contributed by atoms with E-state index >= 15 is 0 Å². The van der Waals surface area contributed by atoms with Crippen LogP contribution in [0.15, 0.2) is 67.4 Å². The van der Waals surface area contributed by atoms with Gasteiger partial charge >= 0.3 is 0 Å². The molecule has 2 aromatic carbocycles. The molecule has 1 aliphatic heterocycles. The molecule has 11 heteroatoms. The molecule has 192 valence electrons. The Morgan fingerprint density at radius 1 is 1.03 bits per heavy atom. The normalized spacial score (nSPS) is 13.7. The molecule has 5 aromatic rings. The molecular formula is C27H25FN8OS. The lowest BCUT2D eigenvalue weighted by Gasteiger charge is -2.12. The first-order valence-corrected chi connectivity index (χ1v) is 13.2. The van der Waals surface area contributed by atoms with Crippen molar-refractivity contribution in [2.45, 2.75) is 25.9 Å². The number of thiazole rings is 1. The van der Waals surface area contributed by atoms with Crippen molar-refractivity contribution in [3.05, 3.63) is 89.2 Å². The minimum atomic E-state index is -0.334. The zero-order chi connectivity index (χ0) is 25.9. The van der Waals surface area contributed by atoms with E-state index in [1.54, 1.807) is 12.3 Å². The van der Waals surface area contributed by atoms with Gasteiger partial charge in [0.15, 0.2) is 5.13 Å². The Hall–Kier alpha value is -4.22. The van der Waals surface area contributed by atoms with Crippen molar-refractivity contribution in [1.82, 2.24) is 29.6 Å². The number of hydrogen-bond acceptors (Lipinski definition) is 8. The van der Waals surface area contributed by atoms with Gasteiger partial charge in [0.2, 0.25) is 0 Å². The molecule has 2 N–H and O–H groups in total. The van der Waals surface area contributed by atoms with Crippen LogP contribution in [0.4, 0.5) is 21.0 Å². The van der Waals surface area contributed by atoms with Crippen molar-refractivity contribution >= 4 is 44.8 Å². The average Bonchev–Trinajstić information content (AvgIpc) is 3.67. The first kappa shape index (κ1) is 24.1. The molecule has 38 heavy (non-hydrogen) atoms. The molecule has 3 aromatic heterocycles. The van der Waals surface area contributed by atoms with E-state index < -0.39 is 0 Å². The van der Waals surface area contributed by atoms with Gasteiger partial charge in [0.05, 0.1) is 18.3 Å². The summed E-state index contributed by atoms with van der Waals surface area (Å²) in [6, 6.07) is 12.2. The maximum Gasteiger partial charge on any atom is 0.262 e. The van der Waals surface area contributed by atoms with Gasteiger partial charge in [-0.2, -0.15) is 5.10 Å². The molecule has 0 saturated carbocycles. The minimum absolute atomic E-state index is 0.271. The molecule has 1 aliphatic rings. The smallest absolute Gasteiger partial charge is 0.262 e. The molecule has 1 saturated heterocycles. The number of amides is 1. The third-order valence-corrected chi connectivity index (χ3v) is 7.33. The summed E-state index contributed by atoms with van der Waals surface area (Å²) in [6.07, 6.45) is 8.93. The number of likely N-dealkylation sites (tertiary alicyclic amines) is 1. The molecule has 0 atom stereocenters. The summed E-state index contributed by atoms with van der Waals surface area (Å²) in [6.45, 7) is 3.53. The van der Waals surface area contributed by atoms with Crippen LogP contribution in [0.25, 0.3) is 10.9 Å². The fourth-order valence-electron chi connectivity index (χ4n) is 4.60. The summed E-state index contributed by atoms with van der Waals surface area (Å²) in [5, 5.41) is 12.0. The van der Waals surface area contributed by atoms with Crippen LogP contribution in [-0.2, 0) is 13.1 Å². The summed E-state index contributed by atoms with van der Waals surface area (Å²) in [5.41, 5.74) is 2.80. The molecule has 9 nitrogen and oxygen atoms in total. The topological polar surface area (TPSA) is 101 Å². The highest BCUT2D eigenvalue weighted by atomic mass is 32.1. The van der Waals surface area contributed by atoms with Crippen LogP contribution < -0.4 is 10.6 Å². The van der Waals surface area contributed by atoms with Gasteiger partial charge in [-0.3, -0.25) is 19.7 Å². The summed E-state index contributed by atoms with van der Waals surface area (Å²) < 4.78 is 15.4. The summed E-state index contributed by atoms with van der Waals surface area (Å²) in [5.74, 6) is -0.218. The van der Waals surface area contributed by atoms with E-state index in [-0.39, 0.29) is 11.7 Å². The van der Waals surface area contributed by atoms with Gasteiger partial charge in [0, 0.05) is 34.9 Å². The number of benzene rings is 2. The van der Waals surface area contributed by atoms with Gasteiger partial charge in [-0.05, 0) is 61.8 Å². The Bertz CT molecular complexity index is 1590. The van der Waals surface area contributed by atoms with E-state index in [1.807, 2.05) is 35.1 Å². The molecule has 0 unspecified atom stereocenters. The van der Waals surface area contributed by atoms with E-state index in [2.05, 4.69) is 35.6 Å². The number of rotatable bonds is 8. The Kier molecular flexibility index (Phi) is 6.76. The number of nitrogens with zero attached hydrogens (tertiary/aromatic N) is 6. The highest BCUT2D eigenvalue weighted by Gasteiger charge is 2.17. The summed E-state index contributed by atoms with van der Waals surface area (Å²) >= 11 is 1.48. The van der Waals surface area contributed by atoms with E-state index in [0.29, 0.717) is 23.1 Å². The molecule has 1 amide bonds. The van der Waals surface area contributed by atoms with Crippen molar-refractivity contribution in [3.63, 3.8) is 0 Å². The first-order valence-electron chi connectivity index (χ1n) is 12.4. The van der Waals surface area contributed by atoms with Crippen LogP contribution in [0.2, 0.25) is 0 Å².